The van der Waals surface area contributed by atoms with Crippen LogP contribution in [0.5, 0.6) is 0 Å². The number of fused-ring (bicyclic) bond motifs is 1. The van der Waals surface area contributed by atoms with E-state index in [1.807, 2.05) is 24.4 Å². The molecule has 0 bridgehead atoms. The highest BCUT2D eigenvalue weighted by Gasteiger charge is 2.03. The van der Waals surface area contributed by atoms with Crippen molar-refractivity contribution < 1.29 is 4.79 Å². The van der Waals surface area contributed by atoms with Gasteiger partial charge in [0.2, 0.25) is 0 Å². The van der Waals surface area contributed by atoms with Gasteiger partial charge in [0.25, 0.3) is 5.91 Å². The van der Waals surface area contributed by atoms with E-state index in [4.69, 9.17) is 0 Å². The summed E-state index contributed by atoms with van der Waals surface area (Å²) in [6.07, 6.45) is 5.04. The predicted octanol–water partition coefficient (Wildman–Crippen LogP) is 1.80. The van der Waals surface area contributed by atoms with Gasteiger partial charge in [-0.25, -0.2) is 4.98 Å². The molecule has 6 heteroatoms. The fourth-order valence-corrected chi connectivity index (χ4v) is 1.99. The van der Waals surface area contributed by atoms with Crippen LogP contribution in [0, 0.1) is 0 Å². The highest BCUT2D eigenvalue weighted by molar-refractivity contribution is 5.93. The zero-order valence-electron chi connectivity index (χ0n) is 11.3. The third-order valence-electron chi connectivity index (χ3n) is 3.05. The van der Waals surface area contributed by atoms with Crippen LogP contribution in [0.25, 0.3) is 11.0 Å². The molecule has 0 aliphatic heterocycles. The molecule has 3 aromatic heterocycles. The molecule has 0 aliphatic carbocycles. The number of amides is 1. The number of pyridine rings is 2. The van der Waals surface area contributed by atoms with Gasteiger partial charge >= 0.3 is 0 Å². The zero-order chi connectivity index (χ0) is 14.5. The van der Waals surface area contributed by atoms with Gasteiger partial charge in [-0.1, -0.05) is 0 Å². The molecule has 3 aromatic rings. The fourth-order valence-electron chi connectivity index (χ4n) is 1.99. The lowest BCUT2D eigenvalue weighted by Crippen LogP contribution is -2.28. The highest BCUT2D eigenvalue weighted by Crippen LogP contribution is 2.12. The molecule has 0 spiro atoms. The van der Waals surface area contributed by atoms with Crippen molar-refractivity contribution in [3.8, 4) is 0 Å². The number of hydrogen-bond donors (Lipinski definition) is 3. The summed E-state index contributed by atoms with van der Waals surface area (Å²) in [5.41, 5.74) is 1.41. The standard InChI is InChI=1S/C15H15N5O/c21-15(12-2-1-6-16-10-12)19-9-8-17-13-4-3-11-5-7-18-14(11)20-13/h1-7,10H,8-9H2,(H,19,21)(H2,17,18,20). The third kappa shape index (κ3) is 3.17. The Morgan fingerprint density at radius 3 is 3.00 bits per heavy atom. The molecule has 106 valence electrons. The largest absolute Gasteiger partial charge is 0.368 e. The Labute approximate surface area is 121 Å². The van der Waals surface area contributed by atoms with E-state index in [1.165, 1.54) is 0 Å². The van der Waals surface area contributed by atoms with Gasteiger partial charge < -0.3 is 15.6 Å². The van der Waals surface area contributed by atoms with Crippen LogP contribution in [0.15, 0.2) is 48.9 Å². The van der Waals surface area contributed by atoms with Crippen LogP contribution < -0.4 is 10.6 Å². The smallest absolute Gasteiger partial charge is 0.252 e. The molecule has 0 saturated carbocycles. The van der Waals surface area contributed by atoms with E-state index < -0.39 is 0 Å². The first kappa shape index (κ1) is 13.1. The summed E-state index contributed by atoms with van der Waals surface area (Å²) in [5.74, 6) is 0.651. The van der Waals surface area contributed by atoms with Gasteiger partial charge in [-0.2, -0.15) is 0 Å². The first-order valence-electron chi connectivity index (χ1n) is 6.69. The van der Waals surface area contributed by atoms with Gasteiger partial charge in [0.05, 0.1) is 5.56 Å². The van der Waals surface area contributed by atoms with Crippen LogP contribution in [0.4, 0.5) is 5.82 Å². The molecule has 0 saturated heterocycles. The minimum atomic E-state index is -0.127. The second-order valence-electron chi connectivity index (χ2n) is 4.54. The number of rotatable bonds is 5. The molecule has 0 atom stereocenters. The Morgan fingerprint density at radius 1 is 1.19 bits per heavy atom. The molecule has 3 rings (SSSR count). The normalized spacial score (nSPS) is 10.5. The van der Waals surface area contributed by atoms with E-state index in [-0.39, 0.29) is 5.91 Å². The molecule has 0 radical (unpaired) electrons. The highest BCUT2D eigenvalue weighted by atomic mass is 16.1. The molecular weight excluding hydrogens is 266 g/mol. The number of nitrogens with one attached hydrogen (secondary N) is 3. The summed E-state index contributed by atoms with van der Waals surface area (Å²) in [4.78, 5) is 23.2. The zero-order valence-corrected chi connectivity index (χ0v) is 11.3. The van der Waals surface area contributed by atoms with Crippen molar-refractivity contribution in [2.75, 3.05) is 18.4 Å². The van der Waals surface area contributed by atoms with E-state index in [0.29, 0.717) is 18.7 Å². The lowest BCUT2D eigenvalue weighted by molar-refractivity contribution is 0.0955. The molecule has 1 amide bonds. The monoisotopic (exact) mass is 281 g/mol. The number of carbonyl (C=O) groups is 1. The van der Waals surface area contributed by atoms with Crippen molar-refractivity contribution in [1.82, 2.24) is 20.3 Å². The van der Waals surface area contributed by atoms with Crippen LogP contribution in [0.2, 0.25) is 0 Å². The lowest BCUT2D eigenvalue weighted by atomic mass is 10.3. The van der Waals surface area contributed by atoms with E-state index >= 15 is 0 Å². The average molecular weight is 281 g/mol. The molecule has 0 aromatic carbocycles. The minimum absolute atomic E-state index is 0.127. The second-order valence-corrected chi connectivity index (χ2v) is 4.54. The molecule has 21 heavy (non-hydrogen) atoms. The number of H-pyrrole nitrogens is 1. The number of aromatic nitrogens is 3. The van der Waals surface area contributed by atoms with Crippen LogP contribution >= 0.6 is 0 Å². The molecule has 3 N–H and O–H groups in total. The summed E-state index contributed by atoms with van der Waals surface area (Å²) >= 11 is 0. The van der Waals surface area contributed by atoms with Crippen LogP contribution in [-0.4, -0.2) is 33.9 Å². The van der Waals surface area contributed by atoms with E-state index in [1.54, 1.807) is 24.5 Å². The Hall–Kier alpha value is -2.89. The van der Waals surface area contributed by atoms with E-state index in [9.17, 15) is 4.79 Å². The SMILES string of the molecule is O=C(NCCNc1ccc2cc[nH]c2n1)c1cccnc1. The van der Waals surface area contributed by atoms with Crippen molar-refractivity contribution in [2.45, 2.75) is 0 Å². The van der Waals surface area contributed by atoms with Gasteiger partial charge in [0.15, 0.2) is 0 Å². The molecular formula is C15H15N5O. The Morgan fingerprint density at radius 2 is 2.14 bits per heavy atom. The van der Waals surface area contributed by atoms with Crippen molar-refractivity contribution in [3.63, 3.8) is 0 Å². The van der Waals surface area contributed by atoms with Gasteiger partial charge in [-0.05, 0) is 30.3 Å². The number of anilines is 1. The molecule has 3 heterocycles. The van der Waals surface area contributed by atoms with Gasteiger partial charge in [0.1, 0.15) is 11.5 Å². The molecule has 0 aliphatic rings. The Balaban J connectivity index is 1.49. The van der Waals surface area contributed by atoms with Crippen LogP contribution in [0.1, 0.15) is 10.4 Å². The summed E-state index contributed by atoms with van der Waals surface area (Å²) in [5, 5.41) is 7.07. The second kappa shape index (κ2) is 6.04. The van der Waals surface area contributed by atoms with E-state index in [2.05, 4.69) is 25.6 Å². The summed E-state index contributed by atoms with van der Waals surface area (Å²) in [7, 11) is 0. The van der Waals surface area contributed by atoms with E-state index in [0.717, 1.165) is 16.9 Å². The van der Waals surface area contributed by atoms with Crippen LogP contribution in [0.3, 0.4) is 0 Å². The van der Waals surface area contributed by atoms with Crippen LogP contribution in [-0.2, 0) is 0 Å². The molecule has 0 unspecified atom stereocenters. The molecule has 0 fully saturated rings. The summed E-state index contributed by atoms with van der Waals surface area (Å²) in [6.45, 7) is 1.11. The molecule has 6 nitrogen and oxygen atoms in total. The maximum absolute atomic E-state index is 11.8. The summed E-state index contributed by atoms with van der Waals surface area (Å²) in [6, 6.07) is 9.36. The number of aromatic amines is 1. The number of carbonyl (C=O) groups excluding carboxylic acids is 1. The first-order valence-corrected chi connectivity index (χ1v) is 6.69. The van der Waals surface area contributed by atoms with Crippen molar-refractivity contribution in [3.05, 3.63) is 54.5 Å². The average Bonchev–Trinajstić information content (AvgIpc) is 3.00. The lowest BCUT2D eigenvalue weighted by Gasteiger charge is -2.07. The first-order chi connectivity index (χ1) is 10.3. The van der Waals surface area contributed by atoms with Gasteiger partial charge in [0, 0.05) is 37.1 Å². The van der Waals surface area contributed by atoms with Gasteiger partial charge in [-0.3, -0.25) is 9.78 Å². The quantitative estimate of drug-likeness (QED) is 0.623. The van der Waals surface area contributed by atoms with Gasteiger partial charge in [-0.15, -0.1) is 0 Å². The van der Waals surface area contributed by atoms with Crippen molar-refractivity contribution in [2.24, 2.45) is 0 Å². The Bertz CT molecular complexity index is 738. The number of nitrogens with zero attached hydrogens (tertiary/aromatic N) is 2. The van der Waals surface area contributed by atoms with Crippen molar-refractivity contribution in [1.29, 1.82) is 0 Å². The maximum atomic E-state index is 11.8. The fraction of sp³-hybridized carbons (Fsp3) is 0.133. The topological polar surface area (TPSA) is 82.7 Å². The summed E-state index contributed by atoms with van der Waals surface area (Å²) < 4.78 is 0. The predicted molar refractivity (Wildman–Crippen MR) is 81.2 cm³/mol. The third-order valence-corrected chi connectivity index (χ3v) is 3.05. The maximum Gasteiger partial charge on any atom is 0.252 e. The number of hydrogen-bond acceptors (Lipinski definition) is 4. The van der Waals surface area contributed by atoms with Crippen molar-refractivity contribution >= 4 is 22.8 Å². The minimum Gasteiger partial charge on any atom is -0.368 e. The Kier molecular flexibility index (Phi) is 3.77.